The third-order valence-corrected chi connectivity index (χ3v) is 8.83. The van der Waals surface area contributed by atoms with Gasteiger partial charge >= 0.3 is 0 Å². The lowest BCUT2D eigenvalue weighted by molar-refractivity contribution is 1.25. The molecule has 196 valence electrons. The van der Waals surface area contributed by atoms with Gasteiger partial charge in [-0.05, 0) is 104 Å². The molecule has 0 aromatic heterocycles. The van der Waals surface area contributed by atoms with E-state index in [1.54, 1.807) is 0 Å². The zero-order valence-corrected chi connectivity index (χ0v) is 24.9. The Hall–Kier alpha value is -4.11. The molecule has 6 aromatic rings. The van der Waals surface area contributed by atoms with Crippen molar-refractivity contribution in [2.45, 2.75) is 11.3 Å². The molecule has 0 fully saturated rings. The lowest BCUT2D eigenvalue weighted by atomic mass is 9.80. The molecule has 0 N–H and O–H groups in total. The van der Waals surface area contributed by atoms with Gasteiger partial charge in [0.25, 0.3) is 0 Å². The Morgan fingerprint density at radius 2 is 1.12 bits per heavy atom. The Kier molecular flexibility index (Phi) is 6.96. The second-order valence-electron chi connectivity index (χ2n) is 10.5. The number of rotatable bonds is 4. The molecule has 0 aliphatic heterocycles. The summed E-state index contributed by atoms with van der Waals surface area (Å²) in [6, 6.07) is 50.1. The van der Waals surface area contributed by atoms with Gasteiger partial charge < -0.3 is 0 Å². The topological polar surface area (TPSA) is 0 Å². The number of benzene rings is 6. The van der Waals surface area contributed by atoms with Crippen LogP contribution in [0.3, 0.4) is 0 Å². The minimum Gasteiger partial charge on any atom is -0.143 e. The van der Waals surface area contributed by atoms with Gasteiger partial charge in [0.15, 0.2) is 0 Å². The first-order valence-corrected chi connectivity index (χ1v) is 15.1. The first-order valence-electron chi connectivity index (χ1n) is 13.8. The van der Waals surface area contributed by atoms with Gasteiger partial charge in [-0.2, -0.15) is 0 Å². The molecule has 6 aromatic carbocycles. The van der Waals surface area contributed by atoms with E-state index in [1.807, 2.05) is 6.07 Å². The van der Waals surface area contributed by atoms with Crippen molar-refractivity contribution in [2.75, 3.05) is 0 Å². The van der Waals surface area contributed by atoms with Crippen molar-refractivity contribution in [3.05, 3.63) is 161 Å². The minimum absolute atomic E-state index is 0.901. The van der Waals surface area contributed by atoms with Crippen molar-refractivity contribution in [1.82, 2.24) is 0 Å². The van der Waals surface area contributed by atoms with Crippen LogP contribution in [0.4, 0.5) is 0 Å². The Bertz CT molecular complexity index is 1930. The van der Waals surface area contributed by atoms with Crippen LogP contribution < -0.4 is 0 Å². The highest BCUT2D eigenvalue weighted by atomic mass is 79.9. The molecule has 1 aliphatic rings. The maximum Gasteiger partial charge on any atom is 0.0175 e. The van der Waals surface area contributed by atoms with Crippen molar-refractivity contribution in [3.8, 4) is 44.5 Å². The monoisotopic (exact) mass is 606 g/mol. The van der Waals surface area contributed by atoms with E-state index in [0.717, 1.165) is 21.4 Å². The van der Waals surface area contributed by atoms with Gasteiger partial charge in [-0.15, -0.1) is 12.6 Å². The molecule has 41 heavy (non-hydrogen) atoms. The molecule has 0 heterocycles. The summed E-state index contributed by atoms with van der Waals surface area (Å²) in [5, 5.41) is 0. The van der Waals surface area contributed by atoms with Gasteiger partial charge in [0.2, 0.25) is 0 Å². The van der Waals surface area contributed by atoms with E-state index in [2.05, 4.69) is 155 Å². The number of hydrogen-bond donors (Lipinski definition) is 1. The van der Waals surface area contributed by atoms with Crippen molar-refractivity contribution >= 4 is 40.2 Å². The molecular weight excluding hydrogens is 580 g/mol. The fourth-order valence-corrected chi connectivity index (χ4v) is 6.42. The smallest absolute Gasteiger partial charge is 0.0175 e. The molecule has 0 nitrogen and oxygen atoms in total. The summed E-state index contributed by atoms with van der Waals surface area (Å²) in [5.41, 5.74) is 15.0. The number of hydrogen-bond acceptors (Lipinski definition) is 1. The molecule has 1 aliphatic carbocycles. The van der Waals surface area contributed by atoms with Crippen LogP contribution in [0.2, 0.25) is 0 Å². The maximum absolute atomic E-state index is 4.76. The second-order valence-corrected chi connectivity index (χ2v) is 11.9. The van der Waals surface area contributed by atoms with Crippen LogP contribution in [0.25, 0.3) is 56.2 Å². The zero-order valence-electron chi connectivity index (χ0n) is 22.4. The van der Waals surface area contributed by atoms with Crippen LogP contribution >= 0.6 is 28.6 Å². The summed E-state index contributed by atoms with van der Waals surface area (Å²) < 4.78 is 1.09. The number of fused-ring (bicyclic) bond motifs is 3. The molecular formula is C39H27BrS. The highest BCUT2D eigenvalue weighted by molar-refractivity contribution is 9.10. The standard InChI is InChI=1S/C39H27BrS/c40-33-19-16-26(17-20-33)27-10-7-11-28(22-27)29-18-21-36-32(24-31-9-2-4-13-35(31)38(36)25-29)23-30-8-1-3-12-34(30)37-14-5-6-15-39(37)41/h1-23,25,41H,24H2. The summed E-state index contributed by atoms with van der Waals surface area (Å²) in [4.78, 5) is 0.989. The Morgan fingerprint density at radius 3 is 1.93 bits per heavy atom. The maximum atomic E-state index is 4.76. The highest BCUT2D eigenvalue weighted by Gasteiger charge is 2.21. The van der Waals surface area contributed by atoms with E-state index >= 15 is 0 Å². The summed E-state index contributed by atoms with van der Waals surface area (Å²) in [6.07, 6.45) is 3.27. The third kappa shape index (κ3) is 5.10. The molecule has 7 rings (SSSR count). The highest BCUT2D eigenvalue weighted by Crippen LogP contribution is 2.43. The van der Waals surface area contributed by atoms with Crippen molar-refractivity contribution < 1.29 is 0 Å². The Labute approximate surface area is 255 Å². The van der Waals surface area contributed by atoms with E-state index < -0.39 is 0 Å². The summed E-state index contributed by atoms with van der Waals surface area (Å²) in [6.45, 7) is 0. The van der Waals surface area contributed by atoms with Gasteiger partial charge in [-0.1, -0.05) is 131 Å². The molecule has 0 amide bonds. The molecule has 0 saturated heterocycles. The van der Waals surface area contributed by atoms with Crippen molar-refractivity contribution in [1.29, 1.82) is 0 Å². The van der Waals surface area contributed by atoms with E-state index in [9.17, 15) is 0 Å². The van der Waals surface area contributed by atoms with E-state index in [0.29, 0.717) is 0 Å². The average molecular weight is 608 g/mol. The number of halogens is 1. The van der Waals surface area contributed by atoms with Gasteiger partial charge in [0.05, 0.1) is 0 Å². The lowest BCUT2D eigenvalue weighted by Crippen LogP contribution is -2.03. The van der Waals surface area contributed by atoms with Crippen LogP contribution in [0.1, 0.15) is 16.7 Å². The Balaban J connectivity index is 1.34. The minimum atomic E-state index is 0.901. The number of thiol groups is 1. The molecule has 0 radical (unpaired) electrons. The SMILES string of the molecule is Sc1ccccc1-c1ccccc1C=C1Cc2ccccc2-c2cc(-c3cccc(-c4ccc(Br)cc4)c3)ccc21. The van der Waals surface area contributed by atoms with Gasteiger partial charge in [0.1, 0.15) is 0 Å². The molecule has 0 unspecified atom stereocenters. The fraction of sp³-hybridized carbons (Fsp3) is 0.0256. The van der Waals surface area contributed by atoms with Crippen molar-refractivity contribution in [2.24, 2.45) is 0 Å². The fourth-order valence-electron chi connectivity index (χ4n) is 5.87. The van der Waals surface area contributed by atoms with Crippen LogP contribution in [0.5, 0.6) is 0 Å². The van der Waals surface area contributed by atoms with E-state index in [1.165, 1.54) is 61.2 Å². The Morgan fingerprint density at radius 1 is 0.488 bits per heavy atom. The second kappa shape index (κ2) is 11.0. The zero-order chi connectivity index (χ0) is 27.8. The van der Waals surface area contributed by atoms with E-state index in [-0.39, 0.29) is 0 Å². The van der Waals surface area contributed by atoms with Gasteiger partial charge in [0, 0.05) is 9.37 Å². The average Bonchev–Trinajstić information content (AvgIpc) is 3.02. The molecule has 0 spiro atoms. The van der Waals surface area contributed by atoms with Crippen LogP contribution in [-0.4, -0.2) is 0 Å². The first-order chi connectivity index (χ1) is 20.1. The largest absolute Gasteiger partial charge is 0.143 e. The molecule has 0 atom stereocenters. The predicted molar refractivity (Wildman–Crippen MR) is 181 cm³/mol. The van der Waals surface area contributed by atoms with Crippen LogP contribution in [0, 0.1) is 0 Å². The van der Waals surface area contributed by atoms with Crippen molar-refractivity contribution in [3.63, 3.8) is 0 Å². The first kappa shape index (κ1) is 25.8. The van der Waals surface area contributed by atoms with Crippen LogP contribution in [0.15, 0.2) is 149 Å². The third-order valence-electron chi connectivity index (χ3n) is 7.91. The predicted octanol–water partition coefficient (Wildman–Crippen LogP) is 11.5. The molecule has 0 bridgehead atoms. The molecule has 2 heteroatoms. The quantitative estimate of drug-likeness (QED) is 0.189. The number of allylic oxidation sites excluding steroid dienone is 1. The van der Waals surface area contributed by atoms with Gasteiger partial charge in [-0.3, -0.25) is 0 Å². The summed E-state index contributed by atoms with van der Waals surface area (Å²) >= 11 is 8.32. The van der Waals surface area contributed by atoms with Gasteiger partial charge in [-0.25, -0.2) is 0 Å². The van der Waals surface area contributed by atoms with E-state index in [4.69, 9.17) is 12.6 Å². The molecule has 0 saturated carbocycles. The normalized spacial score (nSPS) is 13.1. The summed E-state index contributed by atoms with van der Waals surface area (Å²) in [7, 11) is 0. The van der Waals surface area contributed by atoms with Crippen LogP contribution in [-0.2, 0) is 6.42 Å². The lowest BCUT2D eigenvalue weighted by Gasteiger charge is -2.24. The summed E-state index contributed by atoms with van der Waals surface area (Å²) in [5.74, 6) is 0.